The van der Waals surface area contributed by atoms with Gasteiger partial charge < -0.3 is 29.3 Å². The molecule has 3 unspecified atom stereocenters. The molecule has 0 saturated carbocycles. The summed E-state index contributed by atoms with van der Waals surface area (Å²) in [6.45, 7) is 14.9. The van der Waals surface area contributed by atoms with Crippen molar-refractivity contribution in [1.82, 2.24) is 4.90 Å². The van der Waals surface area contributed by atoms with Gasteiger partial charge in [0.15, 0.2) is 0 Å². The van der Waals surface area contributed by atoms with Gasteiger partial charge in [0.05, 0.1) is 24.5 Å². The van der Waals surface area contributed by atoms with Crippen molar-refractivity contribution in [3.05, 3.63) is 78.9 Å². The van der Waals surface area contributed by atoms with Crippen LogP contribution >= 0.6 is 15.9 Å². The topological polar surface area (TPSA) is 99.6 Å². The van der Waals surface area contributed by atoms with Crippen molar-refractivity contribution >= 4 is 45.0 Å². The maximum Gasteiger partial charge on any atom is 0.253 e. The van der Waals surface area contributed by atoms with E-state index in [2.05, 4.69) is 29.1 Å². The van der Waals surface area contributed by atoms with E-state index in [-0.39, 0.29) is 48.8 Å². The first-order chi connectivity index (χ1) is 22.1. The Morgan fingerprint density at radius 3 is 2.43 bits per heavy atom. The van der Waals surface area contributed by atoms with Gasteiger partial charge in [-0.2, -0.15) is 0 Å². The van der Waals surface area contributed by atoms with Crippen molar-refractivity contribution in [3.63, 3.8) is 0 Å². The van der Waals surface area contributed by atoms with Crippen LogP contribution in [0.2, 0.25) is 0 Å². The lowest BCUT2D eigenvalue weighted by molar-refractivity contribution is -0.140. The van der Waals surface area contributed by atoms with Crippen molar-refractivity contribution in [2.45, 2.75) is 62.6 Å². The molecule has 3 saturated heterocycles. The Labute approximate surface area is 280 Å². The number of alkyl halides is 1. The standard InChI is InChI=1S/C36H44BrN3O6/c1-6-17-38(25-13-15-26(16-14-25)45-8-3)33(42)29-30-34(43)40(19-9-10-20-41)32(36(30)22-27(37)31(29)46-36)35(44)39(18-7-2)28-21-23(4)11-12-24(28)5/h6-7,11-16,21,27,29-32,41H,1-2,8-10,17-20,22H2,3-5H3/t27?,29-,30-,31-,32?,36?/m0/s1. The van der Waals surface area contributed by atoms with Crippen LogP contribution in [0.3, 0.4) is 0 Å². The Kier molecular flexibility index (Phi) is 10.4. The molecule has 0 aromatic heterocycles. The summed E-state index contributed by atoms with van der Waals surface area (Å²) in [5, 5.41) is 9.54. The molecule has 2 aromatic carbocycles. The first-order valence-corrected chi connectivity index (χ1v) is 16.9. The highest BCUT2D eigenvalue weighted by Gasteiger charge is 2.77. The largest absolute Gasteiger partial charge is 0.494 e. The minimum absolute atomic E-state index is 0.0257. The number of carbonyl (C=O) groups is 3. The number of carbonyl (C=O) groups excluding carboxylic acids is 3. The lowest BCUT2D eigenvalue weighted by atomic mass is 9.70. The highest BCUT2D eigenvalue weighted by Crippen LogP contribution is 2.60. The third-order valence-electron chi connectivity index (χ3n) is 9.39. The van der Waals surface area contributed by atoms with Crippen LogP contribution in [0.25, 0.3) is 0 Å². The van der Waals surface area contributed by atoms with Crippen LogP contribution in [0.4, 0.5) is 11.4 Å². The van der Waals surface area contributed by atoms with E-state index < -0.39 is 29.6 Å². The summed E-state index contributed by atoms with van der Waals surface area (Å²) in [5.41, 5.74) is 2.12. The SMILES string of the molecule is C=CCN(C(=O)[C@H]1[C@H]2C(=O)N(CCCCO)C(C(=O)N(CC=C)c3cc(C)ccc3C)C23CC(Br)[C@@H]1O3)c1ccc(OCC)cc1. The Morgan fingerprint density at radius 2 is 1.78 bits per heavy atom. The van der Waals surface area contributed by atoms with Crippen molar-refractivity contribution in [2.24, 2.45) is 11.8 Å². The molecule has 3 heterocycles. The van der Waals surface area contributed by atoms with Gasteiger partial charge in [-0.15, -0.1) is 13.2 Å². The van der Waals surface area contributed by atoms with Crippen LogP contribution in [0.1, 0.15) is 37.3 Å². The molecule has 3 fully saturated rings. The number of nitrogens with zero attached hydrogens (tertiary/aromatic N) is 3. The normalized spacial score (nSPS) is 26.2. The Bertz CT molecular complexity index is 1480. The summed E-state index contributed by atoms with van der Waals surface area (Å²) in [7, 11) is 0. The second-order valence-corrected chi connectivity index (χ2v) is 13.5. The second-order valence-electron chi connectivity index (χ2n) is 12.3. The van der Waals surface area contributed by atoms with Gasteiger partial charge in [-0.25, -0.2) is 0 Å². The van der Waals surface area contributed by atoms with E-state index >= 15 is 0 Å². The van der Waals surface area contributed by atoms with Gasteiger partial charge in [-0.1, -0.05) is 40.2 Å². The summed E-state index contributed by atoms with van der Waals surface area (Å²) >= 11 is 3.78. The molecule has 2 aromatic rings. The smallest absolute Gasteiger partial charge is 0.253 e. The summed E-state index contributed by atoms with van der Waals surface area (Å²) in [6, 6.07) is 12.3. The zero-order valence-electron chi connectivity index (χ0n) is 26.9. The maximum absolute atomic E-state index is 14.9. The minimum atomic E-state index is -1.21. The van der Waals surface area contributed by atoms with Gasteiger partial charge in [0.1, 0.15) is 17.4 Å². The average molecular weight is 695 g/mol. The van der Waals surface area contributed by atoms with E-state index in [0.29, 0.717) is 37.3 Å². The number of fused-ring (bicyclic) bond motifs is 1. The van der Waals surface area contributed by atoms with Gasteiger partial charge >= 0.3 is 0 Å². The Balaban J connectivity index is 1.57. The number of aliphatic hydroxyl groups is 1. The fraction of sp³-hybridized carbons (Fsp3) is 0.472. The third-order valence-corrected chi connectivity index (χ3v) is 10.2. The van der Waals surface area contributed by atoms with Crippen LogP contribution in [0, 0.1) is 25.7 Å². The molecular weight excluding hydrogens is 650 g/mol. The maximum atomic E-state index is 14.9. The second kappa shape index (κ2) is 14.1. The lowest BCUT2D eigenvalue weighted by Crippen LogP contribution is -2.57. The molecule has 0 aliphatic carbocycles. The summed E-state index contributed by atoms with van der Waals surface area (Å²) < 4.78 is 12.4. The molecule has 9 nitrogen and oxygen atoms in total. The number of unbranched alkanes of at least 4 members (excludes halogenated alkanes) is 1. The lowest BCUT2D eigenvalue weighted by Gasteiger charge is -2.37. The van der Waals surface area contributed by atoms with Gasteiger partial charge in [-0.05, 0) is 81.5 Å². The molecule has 5 rings (SSSR count). The van der Waals surface area contributed by atoms with Crippen molar-refractivity contribution in [3.8, 4) is 5.75 Å². The van der Waals surface area contributed by atoms with Crippen LogP contribution in [0.5, 0.6) is 5.75 Å². The molecule has 2 bridgehead atoms. The molecule has 46 heavy (non-hydrogen) atoms. The van der Waals surface area contributed by atoms with E-state index in [4.69, 9.17) is 9.47 Å². The number of likely N-dealkylation sites (tertiary alicyclic amines) is 1. The van der Waals surface area contributed by atoms with Crippen LogP contribution in [0.15, 0.2) is 67.8 Å². The first-order valence-electron chi connectivity index (χ1n) is 16.0. The number of aryl methyl sites for hydroxylation is 2. The van der Waals surface area contributed by atoms with Crippen molar-refractivity contribution in [1.29, 1.82) is 0 Å². The van der Waals surface area contributed by atoms with Gasteiger partial charge in [0.25, 0.3) is 5.91 Å². The Morgan fingerprint density at radius 1 is 1.09 bits per heavy atom. The fourth-order valence-corrected chi connectivity index (χ4v) is 8.38. The minimum Gasteiger partial charge on any atom is -0.494 e. The van der Waals surface area contributed by atoms with Crippen molar-refractivity contribution in [2.75, 3.05) is 42.6 Å². The highest BCUT2D eigenvalue weighted by molar-refractivity contribution is 9.09. The molecular formula is C36H44BrN3O6. The number of amides is 3. The highest BCUT2D eigenvalue weighted by atomic mass is 79.9. The number of aliphatic hydroxyl groups excluding tert-OH is 1. The van der Waals surface area contributed by atoms with E-state index in [1.54, 1.807) is 26.9 Å². The van der Waals surface area contributed by atoms with Crippen LogP contribution in [-0.4, -0.2) is 83.2 Å². The molecule has 0 radical (unpaired) electrons. The molecule has 3 aliphatic heterocycles. The third kappa shape index (κ3) is 5.91. The van der Waals surface area contributed by atoms with E-state index in [1.165, 1.54) is 0 Å². The number of hydrogen-bond acceptors (Lipinski definition) is 6. The van der Waals surface area contributed by atoms with Crippen LogP contribution in [-0.2, 0) is 19.1 Å². The molecule has 3 aliphatic rings. The number of anilines is 2. The van der Waals surface area contributed by atoms with Gasteiger partial charge in [0.2, 0.25) is 11.8 Å². The summed E-state index contributed by atoms with van der Waals surface area (Å²) in [5.74, 6) is -1.75. The van der Waals surface area contributed by atoms with Gasteiger partial charge in [-0.3, -0.25) is 14.4 Å². The zero-order valence-corrected chi connectivity index (χ0v) is 28.4. The molecule has 10 heteroatoms. The first kappa shape index (κ1) is 33.9. The fourth-order valence-electron chi connectivity index (χ4n) is 7.44. The van der Waals surface area contributed by atoms with Crippen molar-refractivity contribution < 1.29 is 29.0 Å². The number of benzene rings is 2. The van der Waals surface area contributed by atoms with E-state index in [1.807, 2.05) is 63.2 Å². The van der Waals surface area contributed by atoms with Gasteiger partial charge in [0, 0.05) is 42.4 Å². The predicted molar refractivity (Wildman–Crippen MR) is 182 cm³/mol. The van der Waals surface area contributed by atoms with E-state index in [9.17, 15) is 19.5 Å². The monoisotopic (exact) mass is 693 g/mol. The number of hydrogen-bond donors (Lipinski definition) is 1. The predicted octanol–water partition coefficient (Wildman–Crippen LogP) is 4.96. The van der Waals surface area contributed by atoms with E-state index in [0.717, 1.165) is 16.8 Å². The summed E-state index contributed by atoms with van der Waals surface area (Å²) in [6.07, 6.45) is 4.13. The average Bonchev–Trinajstić information content (AvgIpc) is 3.63. The molecule has 6 atom stereocenters. The quantitative estimate of drug-likeness (QED) is 0.171. The Hall–Kier alpha value is -3.47. The number of ether oxygens (including phenoxy) is 2. The number of rotatable bonds is 14. The molecule has 246 valence electrons. The van der Waals surface area contributed by atoms with Crippen LogP contribution < -0.4 is 14.5 Å². The molecule has 3 amide bonds. The zero-order chi connectivity index (χ0) is 33.2. The molecule has 1 spiro atoms. The molecule has 1 N–H and O–H groups in total. The summed E-state index contributed by atoms with van der Waals surface area (Å²) in [4.78, 5) is 48.7. The number of halogens is 1.